The lowest BCUT2D eigenvalue weighted by Gasteiger charge is -2.18. The van der Waals surface area contributed by atoms with Gasteiger partial charge in [0.15, 0.2) is 5.82 Å². The number of hydrogen-bond donors (Lipinski definition) is 2. The molecular weight excluding hydrogens is 234 g/mol. The van der Waals surface area contributed by atoms with Crippen molar-refractivity contribution in [3.63, 3.8) is 0 Å². The first-order valence-corrected chi connectivity index (χ1v) is 5.93. The molecule has 0 aromatic carbocycles. The van der Waals surface area contributed by atoms with Crippen molar-refractivity contribution in [1.82, 2.24) is 25.7 Å². The molecule has 1 aliphatic heterocycles. The van der Waals surface area contributed by atoms with Gasteiger partial charge < -0.3 is 9.84 Å². The molecule has 18 heavy (non-hydrogen) atoms. The van der Waals surface area contributed by atoms with E-state index in [2.05, 4.69) is 25.7 Å². The van der Waals surface area contributed by atoms with Crippen LogP contribution < -0.4 is 10.9 Å². The van der Waals surface area contributed by atoms with Crippen LogP contribution in [-0.2, 0) is 0 Å². The van der Waals surface area contributed by atoms with Crippen molar-refractivity contribution < 1.29 is 4.52 Å². The lowest BCUT2D eigenvalue weighted by atomic mass is 9.98. The standard InChI is InChI=1S/C11H13N5O2/c17-9-2-1-8(14-15-9)11-13-10(16-18-11)7-3-5-12-6-4-7/h1-2,7,12H,3-6H2,(H,15,17). The molecule has 2 N–H and O–H groups in total. The van der Waals surface area contributed by atoms with Crippen molar-refractivity contribution in [1.29, 1.82) is 0 Å². The number of hydrogen-bond acceptors (Lipinski definition) is 6. The Balaban J connectivity index is 1.84. The summed E-state index contributed by atoms with van der Waals surface area (Å²) in [5, 5.41) is 13.5. The molecule has 0 spiro atoms. The lowest BCUT2D eigenvalue weighted by Crippen LogP contribution is -2.27. The zero-order valence-corrected chi connectivity index (χ0v) is 9.72. The van der Waals surface area contributed by atoms with Crippen LogP contribution >= 0.6 is 0 Å². The van der Waals surface area contributed by atoms with Crippen molar-refractivity contribution in [3.8, 4) is 11.6 Å². The normalized spacial score (nSPS) is 16.9. The summed E-state index contributed by atoms with van der Waals surface area (Å²) >= 11 is 0. The number of aromatic amines is 1. The van der Waals surface area contributed by atoms with Gasteiger partial charge in [-0.25, -0.2) is 5.10 Å². The predicted octanol–water partition coefficient (Wildman–Crippen LogP) is 0.287. The molecule has 0 unspecified atom stereocenters. The molecule has 0 atom stereocenters. The second-order valence-corrected chi connectivity index (χ2v) is 4.29. The molecule has 1 fully saturated rings. The molecule has 2 aromatic heterocycles. The van der Waals surface area contributed by atoms with Crippen LogP contribution in [0.3, 0.4) is 0 Å². The average Bonchev–Trinajstić information content (AvgIpc) is 2.90. The highest BCUT2D eigenvalue weighted by Gasteiger charge is 2.21. The molecule has 0 radical (unpaired) electrons. The molecule has 7 nitrogen and oxygen atoms in total. The van der Waals surface area contributed by atoms with E-state index in [0.29, 0.717) is 17.5 Å². The van der Waals surface area contributed by atoms with E-state index in [1.807, 2.05) is 0 Å². The third-order valence-electron chi connectivity index (χ3n) is 3.04. The number of aromatic nitrogens is 4. The van der Waals surface area contributed by atoms with Crippen molar-refractivity contribution in [2.75, 3.05) is 13.1 Å². The summed E-state index contributed by atoms with van der Waals surface area (Å²) in [6.45, 7) is 1.96. The number of rotatable bonds is 2. The van der Waals surface area contributed by atoms with Crippen molar-refractivity contribution in [2.24, 2.45) is 0 Å². The van der Waals surface area contributed by atoms with E-state index in [1.54, 1.807) is 6.07 Å². The predicted molar refractivity (Wildman–Crippen MR) is 63.0 cm³/mol. The molecule has 0 bridgehead atoms. The van der Waals surface area contributed by atoms with Crippen molar-refractivity contribution >= 4 is 0 Å². The summed E-state index contributed by atoms with van der Waals surface area (Å²) < 4.78 is 5.18. The Morgan fingerprint density at radius 3 is 2.83 bits per heavy atom. The number of nitrogens with zero attached hydrogens (tertiary/aromatic N) is 3. The first kappa shape index (κ1) is 11.1. The molecule has 7 heteroatoms. The van der Waals surface area contributed by atoms with Gasteiger partial charge in [0.1, 0.15) is 5.69 Å². The summed E-state index contributed by atoms with van der Waals surface area (Å²) in [6.07, 6.45) is 2.02. The van der Waals surface area contributed by atoms with Gasteiger partial charge in [0.2, 0.25) is 0 Å². The van der Waals surface area contributed by atoms with Gasteiger partial charge in [0.05, 0.1) is 0 Å². The van der Waals surface area contributed by atoms with Crippen LogP contribution in [0.5, 0.6) is 0 Å². The molecule has 0 saturated carbocycles. The Morgan fingerprint density at radius 1 is 1.28 bits per heavy atom. The van der Waals surface area contributed by atoms with E-state index in [4.69, 9.17) is 4.52 Å². The molecule has 1 saturated heterocycles. The van der Waals surface area contributed by atoms with Crippen LogP contribution in [0.4, 0.5) is 0 Å². The first-order valence-electron chi connectivity index (χ1n) is 5.93. The second kappa shape index (κ2) is 4.69. The van der Waals surface area contributed by atoms with Gasteiger partial charge in [-0.1, -0.05) is 5.16 Å². The van der Waals surface area contributed by atoms with E-state index in [0.717, 1.165) is 31.8 Å². The zero-order valence-electron chi connectivity index (χ0n) is 9.72. The van der Waals surface area contributed by atoms with Gasteiger partial charge in [0.25, 0.3) is 11.4 Å². The van der Waals surface area contributed by atoms with Crippen LogP contribution in [0.25, 0.3) is 11.6 Å². The van der Waals surface area contributed by atoms with Gasteiger partial charge in [-0.2, -0.15) is 10.1 Å². The molecule has 2 aromatic rings. The van der Waals surface area contributed by atoms with Crippen LogP contribution in [0, 0.1) is 0 Å². The smallest absolute Gasteiger partial charge is 0.278 e. The summed E-state index contributed by atoms with van der Waals surface area (Å²) in [4.78, 5) is 15.3. The van der Waals surface area contributed by atoms with Gasteiger partial charge in [-0.15, -0.1) is 0 Å². The number of nitrogens with one attached hydrogen (secondary N) is 2. The van der Waals surface area contributed by atoms with Gasteiger partial charge >= 0.3 is 0 Å². The van der Waals surface area contributed by atoms with Crippen LogP contribution in [0.2, 0.25) is 0 Å². The fourth-order valence-electron chi connectivity index (χ4n) is 2.05. The fourth-order valence-corrected chi connectivity index (χ4v) is 2.05. The third kappa shape index (κ3) is 2.17. The average molecular weight is 247 g/mol. The minimum Gasteiger partial charge on any atom is -0.332 e. The van der Waals surface area contributed by atoms with E-state index in [-0.39, 0.29) is 5.56 Å². The zero-order chi connectivity index (χ0) is 12.4. The highest BCUT2D eigenvalue weighted by atomic mass is 16.5. The Morgan fingerprint density at radius 2 is 2.11 bits per heavy atom. The van der Waals surface area contributed by atoms with Gasteiger partial charge in [-0.05, 0) is 32.0 Å². The highest BCUT2D eigenvalue weighted by Crippen LogP contribution is 2.24. The highest BCUT2D eigenvalue weighted by molar-refractivity contribution is 5.44. The minimum absolute atomic E-state index is 0.253. The first-order chi connectivity index (χ1) is 8.83. The summed E-state index contributed by atoms with van der Waals surface area (Å²) in [5.41, 5.74) is 0.235. The molecule has 0 aliphatic carbocycles. The second-order valence-electron chi connectivity index (χ2n) is 4.29. The van der Waals surface area contributed by atoms with Crippen molar-refractivity contribution in [3.05, 3.63) is 28.3 Å². The fraction of sp³-hybridized carbons (Fsp3) is 0.455. The topological polar surface area (TPSA) is 96.7 Å². The van der Waals surface area contributed by atoms with E-state index < -0.39 is 0 Å². The van der Waals surface area contributed by atoms with Gasteiger partial charge in [-0.3, -0.25) is 4.79 Å². The number of H-pyrrole nitrogens is 1. The Bertz CT molecular complexity index is 565. The maximum Gasteiger partial charge on any atom is 0.278 e. The summed E-state index contributed by atoms with van der Waals surface area (Å²) in [5.74, 6) is 1.41. The Labute approximate surface area is 103 Å². The Kier molecular flexibility index (Phi) is 2.89. The largest absolute Gasteiger partial charge is 0.332 e. The number of piperidine rings is 1. The molecule has 3 rings (SSSR count). The van der Waals surface area contributed by atoms with E-state index >= 15 is 0 Å². The van der Waals surface area contributed by atoms with Gasteiger partial charge in [0, 0.05) is 12.0 Å². The summed E-state index contributed by atoms with van der Waals surface area (Å²) in [7, 11) is 0. The molecule has 1 aliphatic rings. The maximum absolute atomic E-state index is 10.9. The maximum atomic E-state index is 10.9. The van der Waals surface area contributed by atoms with Crippen molar-refractivity contribution in [2.45, 2.75) is 18.8 Å². The molecule has 3 heterocycles. The SMILES string of the molecule is O=c1ccc(-c2nc(C3CCNCC3)no2)n[nH]1. The monoisotopic (exact) mass is 247 g/mol. The molecule has 94 valence electrons. The lowest BCUT2D eigenvalue weighted by molar-refractivity contribution is 0.391. The van der Waals surface area contributed by atoms with E-state index in [1.165, 1.54) is 6.07 Å². The molecule has 0 amide bonds. The molecular formula is C11H13N5O2. The van der Waals surface area contributed by atoms with Crippen LogP contribution in [0.1, 0.15) is 24.6 Å². The van der Waals surface area contributed by atoms with E-state index in [9.17, 15) is 4.79 Å². The summed E-state index contributed by atoms with van der Waals surface area (Å²) in [6, 6.07) is 2.95. The van der Waals surface area contributed by atoms with Crippen LogP contribution in [-0.4, -0.2) is 33.4 Å². The van der Waals surface area contributed by atoms with Crippen LogP contribution in [0.15, 0.2) is 21.5 Å². The minimum atomic E-state index is -0.253. The Hall–Kier alpha value is -2.02. The third-order valence-corrected chi connectivity index (χ3v) is 3.04. The quantitative estimate of drug-likeness (QED) is 0.791.